The van der Waals surface area contributed by atoms with Gasteiger partial charge in [0.2, 0.25) is 0 Å². The van der Waals surface area contributed by atoms with Gasteiger partial charge in [-0.25, -0.2) is 0 Å². The van der Waals surface area contributed by atoms with E-state index in [2.05, 4.69) is 12.3 Å². The lowest BCUT2D eigenvalue weighted by atomic mass is 10.1. The van der Waals surface area contributed by atoms with Crippen molar-refractivity contribution in [2.45, 2.75) is 84.6 Å². The molecule has 4 nitrogen and oxygen atoms in total. The Balaban J connectivity index is 0. The van der Waals surface area contributed by atoms with Crippen molar-refractivity contribution in [2.75, 3.05) is 0 Å². The monoisotopic (exact) mass is 260 g/mol. The van der Waals surface area contributed by atoms with Gasteiger partial charge >= 0.3 is 5.97 Å². The molecule has 0 radical (unpaired) electrons. The number of aliphatic carboxylic acids is 1. The van der Waals surface area contributed by atoms with Gasteiger partial charge in [0.15, 0.2) is 0 Å². The highest BCUT2D eigenvalue weighted by molar-refractivity contribution is 5.66. The first-order valence-corrected chi connectivity index (χ1v) is 7.03. The van der Waals surface area contributed by atoms with Gasteiger partial charge in [0.25, 0.3) is 0 Å². The second-order valence-electron chi connectivity index (χ2n) is 5.66. The van der Waals surface area contributed by atoms with Crippen molar-refractivity contribution in [3.05, 3.63) is 0 Å². The molecule has 0 aliphatic carbocycles. The smallest absolute Gasteiger partial charge is 0.303 e. The van der Waals surface area contributed by atoms with Gasteiger partial charge in [0.1, 0.15) is 0 Å². The van der Waals surface area contributed by atoms with Crippen LogP contribution in [0.25, 0.3) is 0 Å². The lowest BCUT2D eigenvalue weighted by Crippen LogP contribution is -2.41. The van der Waals surface area contributed by atoms with E-state index in [0.717, 1.165) is 12.8 Å². The van der Waals surface area contributed by atoms with Gasteiger partial charge in [-0.3, -0.25) is 16.1 Å². The summed E-state index contributed by atoms with van der Waals surface area (Å²) in [4.78, 5) is 10.1. The van der Waals surface area contributed by atoms with Gasteiger partial charge in [0, 0.05) is 12.0 Å². The molecule has 0 fully saturated rings. The molecule has 0 aromatic heterocycles. The summed E-state index contributed by atoms with van der Waals surface area (Å²) >= 11 is 0. The van der Waals surface area contributed by atoms with E-state index in [1.807, 2.05) is 20.8 Å². The number of nitrogens with one attached hydrogen (secondary N) is 1. The summed E-state index contributed by atoms with van der Waals surface area (Å²) in [5, 5.41) is 8.35. The van der Waals surface area contributed by atoms with Gasteiger partial charge in [-0.05, 0) is 27.2 Å². The van der Waals surface area contributed by atoms with E-state index in [4.69, 9.17) is 10.9 Å². The van der Waals surface area contributed by atoms with Gasteiger partial charge in [-0.2, -0.15) is 0 Å². The number of hydrazine groups is 1. The Morgan fingerprint density at radius 2 is 1.44 bits per heavy atom. The summed E-state index contributed by atoms with van der Waals surface area (Å²) < 4.78 is 0. The van der Waals surface area contributed by atoms with Crippen molar-refractivity contribution >= 4 is 5.97 Å². The van der Waals surface area contributed by atoms with Crippen molar-refractivity contribution in [3.63, 3.8) is 0 Å². The van der Waals surface area contributed by atoms with E-state index >= 15 is 0 Å². The maximum absolute atomic E-state index is 10.1. The normalized spacial score (nSPS) is 10.7. The van der Waals surface area contributed by atoms with E-state index < -0.39 is 5.97 Å². The molecular formula is C14H32N2O2. The standard InChI is InChI=1S/C10H20O2.C4H12N2/c1-2-3-4-5-6-7-8-9-10(11)12;1-4(2,3)6-5/h2-9H2,1H3,(H,11,12);6H,5H2,1-3H3. The van der Waals surface area contributed by atoms with Crippen LogP contribution in [0, 0.1) is 0 Å². The van der Waals surface area contributed by atoms with Crippen LogP contribution < -0.4 is 11.3 Å². The van der Waals surface area contributed by atoms with Crippen molar-refractivity contribution in [2.24, 2.45) is 5.84 Å². The molecule has 0 heterocycles. The SMILES string of the molecule is CC(C)(C)NN.CCCCCCCCCC(=O)O. The van der Waals surface area contributed by atoms with Crippen molar-refractivity contribution in [3.8, 4) is 0 Å². The average Bonchev–Trinajstić information content (AvgIpc) is 2.27. The predicted octanol–water partition coefficient (Wildman–Crippen LogP) is 3.46. The largest absolute Gasteiger partial charge is 0.481 e. The minimum atomic E-state index is -0.663. The predicted molar refractivity (Wildman–Crippen MR) is 77.3 cm³/mol. The molecule has 0 amide bonds. The van der Waals surface area contributed by atoms with Crippen LogP contribution in [0.5, 0.6) is 0 Å². The first-order chi connectivity index (χ1) is 8.33. The van der Waals surface area contributed by atoms with Crippen LogP contribution in [0.2, 0.25) is 0 Å². The second kappa shape index (κ2) is 12.8. The Labute approximate surface area is 112 Å². The quantitative estimate of drug-likeness (QED) is 0.355. The third-order valence-corrected chi connectivity index (χ3v) is 2.43. The average molecular weight is 260 g/mol. The molecule has 0 rings (SSSR count). The lowest BCUT2D eigenvalue weighted by molar-refractivity contribution is -0.137. The second-order valence-corrected chi connectivity index (χ2v) is 5.66. The molecule has 0 aliphatic rings. The Bertz CT molecular complexity index is 189. The van der Waals surface area contributed by atoms with E-state index in [-0.39, 0.29) is 5.54 Å². The lowest BCUT2D eigenvalue weighted by Gasteiger charge is -2.14. The number of carboxylic acids is 1. The minimum absolute atomic E-state index is 0.0694. The van der Waals surface area contributed by atoms with Gasteiger partial charge in [-0.15, -0.1) is 0 Å². The molecule has 0 aliphatic heterocycles. The van der Waals surface area contributed by atoms with Crippen LogP contribution >= 0.6 is 0 Å². The number of unbranched alkanes of at least 4 members (excludes halogenated alkanes) is 6. The fourth-order valence-electron chi connectivity index (χ4n) is 1.23. The summed E-state index contributed by atoms with van der Waals surface area (Å²) in [6, 6.07) is 0. The topological polar surface area (TPSA) is 75.3 Å². The van der Waals surface area contributed by atoms with E-state index in [1.54, 1.807) is 0 Å². The van der Waals surface area contributed by atoms with Crippen LogP contribution in [0.15, 0.2) is 0 Å². The number of rotatable bonds is 8. The molecule has 0 atom stereocenters. The van der Waals surface area contributed by atoms with Crippen LogP contribution in [0.1, 0.15) is 79.1 Å². The number of hydrogen-bond donors (Lipinski definition) is 3. The molecule has 0 unspecified atom stereocenters. The molecule has 0 aromatic carbocycles. The zero-order valence-electron chi connectivity index (χ0n) is 12.6. The summed E-state index contributed by atoms with van der Waals surface area (Å²) in [7, 11) is 0. The molecule has 110 valence electrons. The van der Waals surface area contributed by atoms with Gasteiger partial charge in [0.05, 0.1) is 0 Å². The fourth-order valence-corrected chi connectivity index (χ4v) is 1.23. The van der Waals surface area contributed by atoms with Gasteiger partial charge < -0.3 is 5.11 Å². The summed E-state index contributed by atoms with van der Waals surface area (Å²) in [6.45, 7) is 8.22. The highest BCUT2D eigenvalue weighted by atomic mass is 16.4. The summed E-state index contributed by atoms with van der Waals surface area (Å²) in [6.07, 6.45) is 8.64. The Morgan fingerprint density at radius 1 is 1.06 bits per heavy atom. The summed E-state index contributed by atoms with van der Waals surface area (Å²) in [5.41, 5.74) is 2.67. The Hall–Kier alpha value is -0.610. The first kappa shape index (κ1) is 19.7. The van der Waals surface area contributed by atoms with Crippen LogP contribution in [0.3, 0.4) is 0 Å². The maximum atomic E-state index is 10.1. The van der Waals surface area contributed by atoms with E-state index in [9.17, 15) is 4.79 Å². The first-order valence-electron chi connectivity index (χ1n) is 7.03. The van der Waals surface area contributed by atoms with Crippen molar-refractivity contribution < 1.29 is 9.90 Å². The van der Waals surface area contributed by atoms with E-state index in [0.29, 0.717) is 6.42 Å². The van der Waals surface area contributed by atoms with Crippen LogP contribution in [-0.2, 0) is 4.79 Å². The summed E-state index contributed by atoms with van der Waals surface area (Å²) in [5.74, 6) is 4.39. The van der Waals surface area contributed by atoms with E-state index in [1.165, 1.54) is 32.1 Å². The maximum Gasteiger partial charge on any atom is 0.303 e. The Morgan fingerprint density at radius 3 is 1.78 bits per heavy atom. The third-order valence-electron chi connectivity index (χ3n) is 2.43. The highest BCUT2D eigenvalue weighted by Crippen LogP contribution is 2.07. The number of carbonyl (C=O) groups is 1. The number of carboxylic acid groups (broad SMARTS) is 1. The Kier molecular flexibility index (Phi) is 14.1. The number of nitrogens with two attached hydrogens (primary N) is 1. The minimum Gasteiger partial charge on any atom is -0.481 e. The van der Waals surface area contributed by atoms with Crippen LogP contribution in [0.4, 0.5) is 0 Å². The van der Waals surface area contributed by atoms with Crippen molar-refractivity contribution in [1.82, 2.24) is 5.43 Å². The molecule has 0 aromatic rings. The molecule has 0 spiro atoms. The molecule has 0 saturated carbocycles. The number of hydrogen-bond acceptors (Lipinski definition) is 3. The zero-order valence-corrected chi connectivity index (χ0v) is 12.6. The molecule has 0 saturated heterocycles. The molecule has 0 bridgehead atoms. The molecular weight excluding hydrogens is 228 g/mol. The highest BCUT2D eigenvalue weighted by Gasteiger charge is 2.02. The van der Waals surface area contributed by atoms with Crippen molar-refractivity contribution in [1.29, 1.82) is 0 Å². The molecule has 18 heavy (non-hydrogen) atoms. The van der Waals surface area contributed by atoms with Crippen LogP contribution in [-0.4, -0.2) is 16.6 Å². The zero-order chi connectivity index (χ0) is 14.4. The van der Waals surface area contributed by atoms with Gasteiger partial charge in [-0.1, -0.05) is 45.4 Å². The molecule has 4 heteroatoms. The fraction of sp³-hybridized carbons (Fsp3) is 0.929. The molecule has 4 N–H and O–H groups in total. The third kappa shape index (κ3) is 24.6.